The monoisotopic (exact) mass is 558 g/mol. The van der Waals surface area contributed by atoms with Crippen LogP contribution in [-0.4, -0.2) is 52.4 Å². The summed E-state index contributed by atoms with van der Waals surface area (Å²) in [5, 5.41) is 10.3. The molecule has 0 bridgehead atoms. The van der Waals surface area contributed by atoms with Crippen molar-refractivity contribution in [2.75, 3.05) is 0 Å². The Morgan fingerprint density at radius 1 is 0.846 bits per heavy atom. The highest BCUT2D eigenvalue weighted by molar-refractivity contribution is 7.11. The Kier molecular flexibility index (Phi) is 12.1. The number of ether oxygens (including phenoxy) is 1. The standard InChI is InChI=1S/C29H42N4O5S/c1-18(2)15-22(32-26(36)23(16-19(3)4)33-28(37)38-29(5,6)7)25(35)31-21(17-20-11-9-8-10-12-20)24(34)27-30-13-14-39-27/h8-14,18-19,21-23H,15-17H2,1-7H3,(H,31,35)(H,32,36)(H,33,37)/t21-,22-,23-/m0/s1. The van der Waals surface area contributed by atoms with Crippen molar-refractivity contribution in [3.63, 3.8) is 0 Å². The van der Waals surface area contributed by atoms with Crippen LogP contribution in [0.1, 0.15) is 76.7 Å². The SMILES string of the molecule is CC(C)C[C@H](NC(=O)OC(C)(C)C)C(=O)N[C@@H](CC(C)C)C(=O)N[C@@H](Cc1ccccc1)C(=O)c1nccs1. The first-order valence-electron chi connectivity index (χ1n) is 13.3. The lowest BCUT2D eigenvalue weighted by atomic mass is 9.98. The van der Waals surface area contributed by atoms with E-state index in [2.05, 4.69) is 20.9 Å². The van der Waals surface area contributed by atoms with Crippen molar-refractivity contribution >= 4 is 35.0 Å². The molecule has 0 radical (unpaired) electrons. The van der Waals surface area contributed by atoms with Gasteiger partial charge in [0.1, 0.15) is 17.7 Å². The molecule has 2 rings (SSSR count). The molecule has 39 heavy (non-hydrogen) atoms. The summed E-state index contributed by atoms with van der Waals surface area (Å²) in [6, 6.07) is 6.75. The maximum absolute atomic E-state index is 13.5. The highest BCUT2D eigenvalue weighted by Gasteiger charge is 2.32. The van der Waals surface area contributed by atoms with Gasteiger partial charge in [-0.2, -0.15) is 0 Å². The zero-order chi connectivity index (χ0) is 29.2. The molecule has 1 aromatic carbocycles. The number of hydrogen-bond acceptors (Lipinski definition) is 7. The van der Waals surface area contributed by atoms with E-state index in [4.69, 9.17) is 4.74 Å². The van der Waals surface area contributed by atoms with E-state index in [0.717, 1.165) is 5.56 Å². The van der Waals surface area contributed by atoms with Crippen molar-refractivity contribution in [1.29, 1.82) is 0 Å². The lowest BCUT2D eigenvalue weighted by molar-refractivity contribution is -0.130. The Bertz CT molecular complexity index is 1080. The van der Waals surface area contributed by atoms with Crippen LogP contribution in [0.5, 0.6) is 0 Å². The molecular formula is C29H42N4O5S. The number of hydrogen-bond donors (Lipinski definition) is 3. The van der Waals surface area contributed by atoms with Gasteiger partial charge in [0.2, 0.25) is 17.6 Å². The molecule has 0 saturated heterocycles. The Morgan fingerprint density at radius 2 is 1.38 bits per heavy atom. The van der Waals surface area contributed by atoms with E-state index in [1.807, 2.05) is 58.0 Å². The van der Waals surface area contributed by atoms with Gasteiger partial charge in [-0.25, -0.2) is 9.78 Å². The molecule has 0 fully saturated rings. The predicted octanol–water partition coefficient (Wildman–Crippen LogP) is 4.52. The van der Waals surface area contributed by atoms with Crippen molar-refractivity contribution < 1.29 is 23.9 Å². The van der Waals surface area contributed by atoms with E-state index >= 15 is 0 Å². The van der Waals surface area contributed by atoms with Crippen LogP contribution in [-0.2, 0) is 20.7 Å². The van der Waals surface area contributed by atoms with Crippen molar-refractivity contribution in [3.8, 4) is 0 Å². The molecule has 3 atom stereocenters. The Labute approximate surface area is 235 Å². The van der Waals surface area contributed by atoms with Gasteiger partial charge in [0, 0.05) is 18.0 Å². The molecule has 0 aliphatic heterocycles. The molecule has 214 valence electrons. The fraction of sp³-hybridized carbons (Fsp3) is 0.552. The largest absolute Gasteiger partial charge is 0.444 e. The average Bonchev–Trinajstić information content (AvgIpc) is 3.36. The van der Waals surface area contributed by atoms with E-state index < -0.39 is 41.6 Å². The van der Waals surface area contributed by atoms with Gasteiger partial charge < -0.3 is 20.7 Å². The summed E-state index contributed by atoms with van der Waals surface area (Å²) in [5.74, 6) is -1.07. The molecule has 9 nitrogen and oxygen atoms in total. The van der Waals surface area contributed by atoms with Gasteiger partial charge in [0.05, 0.1) is 6.04 Å². The summed E-state index contributed by atoms with van der Waals surface area (Å²) in [5.41, 5.74) is 0.163. The third kappa shape index (κ3) is 11.6. The van der Waals surface area contributed by atoms with Crippen LogP contribution in [0.3, 0.4) is 0 Å². The summed E-state index contributed by atoms with van der Waals surface area (Å²) < 4.78 is 5.34. The van der Waals surface area contributed by atoms with Gasteiger partial charge in [0.15, 0.2) is 5.01 Å². The van der Waals surface area contributed by atoms with E-state index in [0.29, 0.717) is 17.8 Å². The number of nitrogens with zero attached hydrogens (tertiary/aromatic N) is 1. The van der Waals surface area contributed by atoms with Crippen LogP contribution < -0.4 is 16.0 Å². The fourth-order valence-corrected chi connectivity index (χ4v) is 4.58. The zero-order valence-corrected chi connectivity index (χ0v) is 24.8. The number of ketones is 1. The number of carbonyl (C=O) groups excluding carboxylic acids is 4. The number of carbonyl (C=O) groups is 4. The summed E-state index contributed by atoms with van der Waals surface area (Å²) in [4.78, 5) is 56.7. The molecule has 3 N–H and O–H groups in total. The lowest BCUT2D eigenvalue weighted by Crippen LogP contribution is -2.56. The van der Waals surface area contributed by atoms with Crippen molar-refractivity contribution in [2.24, 2.45) is 11.8 Å². The average molecular weight is 559 g/mol. The van der Waals surface area contributed by atoms with Gasteiger partial charge in [-0.1, -0.05) is 58.0 Å². The van der Waals surface area contributed by atoms with Gasteiger partial charge >= 0.3 is 6.09 Å². The van der Waals surface area contributed by atoms with E-state index in [1.54, 1.807) is 32.3 Å². The van der Waals surface area contributed by atoms with Crippen molar-refractivity contribution in [1.82, 2.24) is 20.9 Å². The van der Waals surface area contributed by atoms with Gasteiger partial charge in [-0.3, -0.25) is 14.4 Å². The summed E-state index contributed by atoms with van der Waals surface area (Å²) >= 11 is 1.21. The molecule has 0 aliphatic rings. The summed E-state index contributed by atoms with van der Waals surface area (Å²) in [6.45, 7) is 13.0. The molecule has 0 aliphatic carbocycles. The first-order chi connectivity index (χ1) is 18.2. The molecule has 0 unspecified atom stereocenters. The fourth-order valence-electron chi connectivity index (χ4n) is 3.95. The number of benzene rings is 1. The van der Waals surface area contributed by atoms with E-state index in [9.17, 15) is 19.2 Å². The number of Topliss-reactive ketones (excluding diaryl/α,β-unsaturated/α-hetero) is 1. The number of thiazole rings is 1. The maximum atomic E-state index is 13.5. The van der Waals surface area contributed by atoms with Crippen LogP contribution in [0.15, 0.2) is 41.9 Å². The number of nitrogens with one attached hydrogen (secondary N) is 3. The van der Waals surface area contributed by atoms with Crippen LogP contribution in [0.4, 0.5) is 4.79 Å². The van der Waals surface area contributed by atoms with Crippen LogP contribution in [0.25, 0.3) is 0 Å². The highest BCUT2D eigenvalue weighted by Crippen LogP contribution is 2.15. The van der Waals surface area contributed by atoms with Gasteiger partial charge in [0.25, 0.3) is 0 Å². The number of alkyl carbamates (subject to hydrolysis) is 1. The summed E-state index contributed by atoms with van der Waals surface area (Å²) in [7, 11) is 0. The quantitative estimate of drug-likeness (QED) is 0.310. The van der Waals surface area contributed by atoms with Crippen LogP contribution in [0.2, 0.25) is 0 Å². The first kappa shape index (κ1) is 31.9. The molecule has 0 saturated carbocycles. The second-order valence-corrected chi connectivity index (χ2v) is 12.4. The zero-order valence-electron chi connectivity index (χ0n) is 23.9. The van der Waals surface area contributed by atoms with Crippen LogP contribution >= 0.6 is 11.3 Å². The molecule has 1 aromatic heterocycles. The molecule has 10 heteroatoms. The maximum Gasteiger partial charge on any atom is 0.408 e. The van der Waals surface area contributed by atoms with Gasteiger partial charge in [-0.05, 0) is 51.0 Å². The Morgan fingerprint density at radius 3 is 1.87 bits per heavy atom. The minimum atomic E-state index is -0.907. The third-order valence-electron chi connectivity index (χ3n) is 5.61. The molecular weight excluding hydrogens is 516 g/mol. The number of amides is 3. The van der Waals surface area contributed by atoms with Crippen molar-refractivity contribution in [3.05, 3.63) is 52.5 Å². The van der Waals surface area contributed by atoms with Crippen molar-refractivity contribution in [2.45, 2.75) is 91.5 Å². The lowest BCUT2D eigenvalue weighted by Gasteiger charge is -2.27. The topological polar surface area (TPSA) is 126 Å². The minimum absolute atomic E-state index is 0.0747. The molecule has 0 spiro atoms. The first-order valence-corrected chi connectivity index (χ1v) is 14.2. The second-order valence-electron chi connectivity index (χ2n) is 11.5. The van der Waals surface area contributed by atoms with E-state index in [1.165, 1.54) is 11.3 Å². The summed E-state index contributed by atoms with van der Waals surface area (Å²) in [6.07, 6.45) is 1.84. The second kappa shape index (κ2) is 14.8. The normalized spacial score (nSPS) is 13.9. The Hall–Kier alpha value is -3.27. The van der Waals surface area contributed by atoms with E-state index in [-0.39, 0.29) is 24.0 Å². The van der Waals surface area contributed by atoms with Gasteiger partial charge in [-0.15, -0.1) is 11.3 Å². The van der Waals surface area contributed by atoms with Crippen LogP contribution in [0, 0.1) is 11.8 Å². The predicted molar refractivity (Wildman–Crippen MR) is 153 cm³/mol. The minimum Gasteiger partial charge on any atom is -0.444 e. The molecule has 1 heterocycles. The molecule has 3 amide bonds. The third-order valence-corrected chi connectivity index (χ3v) is 6.40. The Balaban J connectivity index is 2.23. The number of aromatic nitrogens is 1. The number of rotatable bonds is 13. The molecule has 2 aromatic rings. The smallest absolute Gasteiger partial charge is 0.408 e. The highest BCUT2D eigenvalue weighted by atomic mass is 32.1.